The van der Waals surface area contributed by atoms with Gasteiger partial charge in [0.25, 0.3) is 5.91 Å². The Labute approximate surface area is 123 Å². The number of carbonyl (C=O) groups excluding carboxylic acids is 2. The molecule has 0 aromatic carbocycles. The van der Waals surface area contributed by atoms with E-state index in [1.807, 2.05) is 6.92 Å². The molecule has 1 aromatic heterocycles. The molecule has 0 radical (unpaired) electrons. The largest absolute Gasteiger partial charge is 0.325 e. The van der Waals surface area contributed by atoms with Gasteiger partial charge in [0.15, 0.2) is 0 Å². The molecule has 114 valence electrons. The van der Waals surface area contributed by atoms with Gasteiger partial charge < -0.3 is 5.32 Å². The van der Waals surface area contributed by atoms with E-state index in [1.54, 1.807) is 13.2 Å². The van der Waals surface area contributed by atoms with E-state index in [0.29, 0.717) is 5.69 Å². The SMILES string of the molecule is Cn1ncc(CN2C(=O)NC(C)(C3CCCCC3)C2=O)n1. The molecule has 0 spiro atoms. The van der Waals surface area contributed by atoms with Crippen molar-refractivity contribution in [2.24, 2.45) is 13.0 Å². The van der Waals surface area contributed by atoms with E-state index in [1.165, 1.54) is 16.1 Å². The van der Waals surface area contributed by atoms with E-state index in [4.69, 9.17) is 0 Å². The number of hydrogen-bond donors (Lipinski definition) is 1. The molecule has 2 heterocycles. The molecule has 1 aliphatic heterocycles. The lowest BCUT2D eigenvalue weighted by Crippen LogP contribution is -2.51. The van der Waals surface area contributed by atoms with E-state index in [0.717, 1.165) is 25.7 Å². The predicted molar refractivity (Wildman–Crippen MR) is 75.1 cm³/mol. The molecule has 7 nitrogen and oxygen atoms in total. The highest BCUT2D eigenvalue weighted by Gasteiger charge is 2.52. The maximum absolute atomic E-state index is 12.7. The number of amides is 3. The van der Waals surface area contributed by atoms with Gasteiger partial charge in [-0.15, -0.1) is 0 Å². The summed E-state index contributed by atoms with van der Waals surface area (Å²) in [5, 5.41) is 11.0. The number of aromatic nitrogens is 3. The highest BCUT2D eigenvalue weighted by Crippen LogP contribution is 2.36. The summed E-state index contributed by atoms with van der Waals surface area (Å²) in [6.45, 7) is 2.04. The Hall–Kier alpha value is -1.92. The average Bonchev–Trinajstić information content (AvgIpc) is 2.98. The molecule has 2 fully saturated rings. The average molecular weight is 291 g/mol. The van der Waals surface area contributed by atoms with Crippen molar-refractivity contribution in [1.29, 1.82) is 0 Å². The molecule has 1 atom stereocenters. The maximum Gasteiger partial charge on any atom is 0.325 e. The summed E-state index contributed by atoms with van der Waals surface area (Å²) in [6.07, 6.45) is 7.07. The van der Waals surface area contributed by atoms with E-state index in [-0.39, 0.29) is 24.4 Å². The van der Waals surface area contributed by atoms with Gasteiger partial charge in [-0.3, -0.25) is 9.69 Å². The minimum Gasteiger partial charge on any atom is -0.323 e. The van der Waals surface area contributed by atoms with Crippen LogP contribution in [0.3, 0.4) is 0 Å². The number of hydrogen-bond acceptors (Lipinski definition) is 4. The van der Waals surface area contributed by atoms with Gasteiger partial charge in [-0.25, -0.2) is 4.79 Å². The third-order valence-electron chi connectivity index (χ3n) is 4.69. The van der Waals surface area contributed by atoms with Crippen LogP contribution >= 0.6 is 0 Å². The van der Waals surface area contributed by atoms with Crippen LogP contribution in [0, 0.1) is 5.92 Å². The third kappa shape index (κ3) is 2.41. The zero-order valence-corrected chi connectivity index (χ0v) is 12.5. The Morgan fingerprint density at radius 2 is 2.05 bits per heavy atom. The number of nitrogens with one attached hydrogen (secondary N) is 1. The van der Waals surface area contributed by atoms with Crippen LogP contribution in [0.15, 0.2) is 6.20 Å². The van der Waals surface area contributed by atoms with Crippen molar-refractivity contribution in [2.45, 2.75) is 51.1 Å². The van der Waals surface area contributed by atoms with Gasteiger partial charge in [0.05, 0.1) is 12.7 Å². The van der Waals surface area contributed by atoms with Crippen LogP contribution in [0.25, 0.3) is 0 Å². The fourth-order valence-electron chi connectivity index (χ4n) is 3.44. The highest BCUT2D eigenvalue weighted by atomic mass is 16.2. The quantitative estimate of drug-likeness (QED) is 0.849. The zero-order valence-electron chi connectivity index (χ0n) is 12.5. The van der Waals surface area contributed by atoms with E-state index < -0.39 is 5.54 Å². The summed E-state index contributed by atoms with van der Waals surface area (Å²) in [7, 11) is 1.71. The molecule has 0 bridgehead atoms. The first-order valence-electron chi connectivity index (χ1n) is 7.50. The molecule has 3 amide bonds. The molecule has 2 aliphatic rings. The third-order valence-corrected chi connectivity index (χ3v) is 4.69. The summed E-state index contributed by atoms with van der Waals surface area (Å²) in [5.41, 5.74) is -0.145. The van der Waals surface area contributed by atoms with Crippen molar-refractivity contribution in [1.82, 2.24) is 25.2 Å². The van der Waals surface area contributed by atoms with Crippen LogP contribution in [-0.2, 0) is 18.4 Å². The minimum atomic E-state index is -0.764. The smallest absolute Gasteiger partial charge is 0.323 e. The Morgan fingerprint density at radius 1 is 1.33 bits per heavy atom. The number of nitrogens with zero attached hydrogens (tertiary/aromatic N) is 4. The van der Waals surface area contributed by atoms with Crippen LogP contribution in [0.4, 0.5) is 4.79 Å². The van der Waals surface area contributed by atoms with E-state index in [2.05, 4.69) is 15.5 Å². The molecule has 3 rings (SSSR count). The molecule has 1 saturated heterocycles. The van der Waals surface area contributed by atoms with Gasteiger partial charge in [-0.2, -0.15) is 15.0 Å². The van der Waals surface area contributed by atoms with Crippen LogP contribution in [0.2, 0.25) is 0 Å². The molecular formula is C14H21N5O2. The number of carbonyl (C=O) groups is 2. The van der Waals surface area contributed by atoms with Crippen molar-refractivity contribution < 1.29 is 9.59 Å². The molecule has 7 heteroatoms. The second-order valence-corrected chi connectivity index (χ2v) is 6.18. The van der Waals surface area contributed by atoms with Crippen molar-refractivity contribution in [2.75, 3.05) is 0 Å². The summed E-state index contributed by atoms with van der Waals surface area (Å²) in [5.74, 6) is 0.0969. The molecule has 1 unspecified atom stereocenters. The standard InChI is InChI=1S/C14H21N5O2/c1-14(10-6-4-3-5-7-10)12(20)19(13(21)16-14)9-11-8-15-18(2)17-11/h8,10H,3-7,9H2,1-2H3,(H,16,21). The lowest BCUT2D eigenvalue weighted by Gasteiger charge is -2.34. The maximum atomic E-state index is 12.7. The fourth-order valence-corrected chi connectivity index (χ4v) is 3.44. The van der Waals surface area contributed by atoms with Crippen LogP contribution in [-0.4, -0.2) is 37.4 Å². The van der Waals surface area contributed by atoms with E-state index >= 15 is 0 Å². The summed E-state index contributed by atoms with van der Waals surface area (Å²) in [4.78, 5) is 27.6. The fraction of sp³-hybridized carbons (Fsp3) is 0.714. The Bertz CT molecular complexity index is 563. The first-order valence-corrected chi connectivity index (χ1v) is 7.50. The Kier molecular flexibility index (Phi) is 3.43. The number of rotatable bonds is 3. The van der Waals surface area contributed by atoms with Crippen LogP contribution in [0.1, 0.15) is 44.7 Å². The van der Waals surface area contributed by atoms with Crippen molar-refractivity contribution in [3.05, 3.63) is 11.9 Å². The number of urea groups is 1. The van der Waals surface area contributed by atoms with Gasteiger partial charge in [0.1, 0.15) is 11.2 Å². The van der Waals surface area contributed by atoms with Crippen molar-refractivity contribution >= 4 is 11.9 Å². The summed E-state index contributed by atoms with van der Waals surface area (Å²) < 4.78 is 0. The van der Waals surface area contributed by atoms with Gasteiger partial charge >= 0.3 is 6.03 Å². The first kappa shape index (κ1) is 14.0. The molecule has 1 aliphatic carbocycles. The van der Waals surface area contributed by atoms with Crippen LogP contribution in [0.5, 0.6) is 0 Å². The summed E-state index contributed by atoms with van der Waals surface area (Å²) >= 11 is 0. The van der Waals surface area contributed by atoms with Gasteiger partial charge in [-0.05, 0) is 25.7 Å². The second-order valence-electron chi connectivity index (χ2n) is 6.18. The van der Waals surface area contributed by atoms with Crippen LogP contribution < -0.4 is 5.32 Å². The van der Waals surface area contributed by atoms with E-state index in [9.17, 15) is 9.59 Å². The Morgan fingerprint density at radius 3 is 2.67 bits per heavy atom. The monoisotopic (exact) mass is 291 g/mol. The minimum absolute atomic E-state index is 0.134. The number of imide groups is 1. The topological polar surface area (TPSA) is 80.1 Å². The summed E-state index contributed by atoms with van der Waals surface area (Å²) in [6, 6.07) is -0.321. The molecule has 1 N–H and O–H groups in total. The lowest BCUT2D eigenvalue weighted by molar-refractivity contribution is -0.133. The van der Waals surface area contributed by atoms with Crippen molar-refractivity contribution in [3.8, 4) is 0 Å². The molecule has 21 heavy (non-hydrogen) atoms. The highest BCUT2D eigenvalue weighted by molar-refractivity contribution is 6.06. The second kappa shape index (κ2) is 5.13. The molecular weight excluding hydrogens is 270 g/mol. The van der Waals surface area contributed by atoms with Gasteiger partial charge in [-0.1, -0.05) is 19.3 Å². The normalized spacial score (nSPS) is 27.2. The van der Waals surface area contributed by atoms with Gasteiger partial charge in [0, 0.05) is 7.05 Å². The molecule has 1 saturated carbocycles. The lowest BCUT2D eigenvalue weighted by atomic mass is 9.75. The predicted octanol–water partition coefficient (Wildman–Crippen LogP) is 1.21. The first-order chi connectivity index (χ1) is 10.0. The van der Waals surface area contributed by atoms with Gasteiger partial charge in [0.2, 0.25) is 0 Å². The molecule has 1 aromatic rings. The Balaban J connectivity index is 1.77. The number of aryl methyl sites for hydroxylation is 1. The zero-order chi connectivity index (χ0) is 15.0. The van der Waals surface area contributed by atoms with Crippen molar-refractivity contribution in [3.63, 3.8) is 0 Å².